The summed E-state index contributed by atoms with van der Waals surface area (Å²) in [6.45, 7) is 5.77. The third-order valence-corrected chi connectivity index (χ3v) is 4.31. The van der Waals surface area contributed by atoms with Crippen LogP contribution in [0.15, 0.2) is 47.7 Å². The average Bonchev–Trinajstić information content (AvgIpc) is 3.14. The molecule has 0 bridgehead atoms. The first kappa shape index (κ1) is 24.3. The van der Waals surface area contributed by atoms with E-state index in [1.807, 2.05) is 30.8 Å². The van der Waals surface area contributed by atoms with Crippen LogP contribution in [0.2, 0.25) is 0 Å². The molecule has 2 rings (SSSR count). The van der Waals surface area contributed by atoms with E-state index >= 15 is 0 Å². The number of hydrogen-bond donors (Lipinski definition) is 2. The quantitative estimate of drug-likeness (QED) is 0.256. The molecule has 0 aliphatic carbocycles. The third-order valence-electron chi connectivity index (χ3n) is 4.31. The van der Waals surface area contributed by atoms with Gasteiger partial charge in [0.15, 0.2) is 5.96 Å². The maximum Gasteiger partial charge on any atom is 0.416 e. The summed E-state index contributed by atoms with van der Waals surface area (Å²) in [6.07, 6.45) is 0.180. The van der Waals surface area contributed by atoms with Crippen molar-refractivity contribution < 1.29 is 13.2 Å². The van der Waals surface area contributed by atoms with Gasteiger partial charge in [-0.15, -0.1) is 24.0 Å². The Bertz CT molecular complexity index is 742. The first-order chi connectivity index (χ1) is 12.7. The number of nitrogens with one attached hydrogen (secondary N) is 2. The molecule has 156 valence electrons. The summed E-state index contributed by atoms with van der Waals surface area (Å²) in [5.74, 6) is 0.621. The summed E-state index contributed by atoms with van der Waals surface area (Å²) in [5, 5.41) is 10.5. The number of rotatable bonds is 7. The van der Waals surface area contributed by atoms with Crippen LogP contribution < -0.4 is 10.6 Å². The normalized spacial score (nSPS) is 12.4. The van der Waals surface area contributed by atoms with E-state index in [0.29, 0.717) is 24.6 Å². The second-order valence-electron chi connectivity index (χ2n) is 6.94. The fourth-order valence-electron chi connectivity index (χ4n) is 2.62. The number of guanidine groups is 1. The van der Waals surface area contributed by atoms with E-state index in [-0.39, 0.29) is 24.0 Å². The zero-order valence-electron chi connectivity index (χ0n) is 16.3. The predicted octanol–water partition coefficient (Wildman–Crippen LogP) is 4.05. The molecule has 2 aromatic rings. The highest BCUT2D eigenvalue weighted by Crippen LogP contribution is 2.32. The number of aromatic nitrogens is 2. The van der Waals surface area contributed by atoms with E-state index in [4.69, 9.17) is 0 Å². The fraction of sp³-hybridized carbons (Fsp3) is 0.474. The monoisotopic (exact) mass is 509 g/mol. The lowest BCUT2D eigenvalue weighted by molar-refractivity contribution is -0.137. The molecule has 2 N–H and O–H groups in total. The topological polar surface area (TPSA) is 54.2 Å². The molecule has 9 heteroatoms. The molecule has 0 unspecified atom stereocenters. The molecule has 0 radical (unpaired) electrons. The number of nitrogens with zero attached hydrogens (tertiary/aromatic N) is 3. The maximum absolute atomic E-state index is 12.9. The molecule has 0 atom stereocenters. The number of benzene rings is 1. The molecule has 0 aliphatic rings. The summed E-state index contributed by atoms with van der Waals surface area (Å²) >= 11 is 0. The van der Waals surface area contributed by atoms with E-state index in [2.05, 4.69) is 20.7 Å². The smallest absolute Gasteiger partial charge is 0.356 e. The van der Waals surface area contributed by atoms with Crippen LogP contribution in [0.1, 0.15) is 31.4 Å². The number of halogens is 4. The first-order valence-corrected chi connectivity index (χ1v) is 8.82. The minimum Gasteiger partial charge on any atom is -0.356 e. The Kier molecular flexibility index (Phi) is 9.25. The van der Waals surface area contributed by atoms with Gasteiger partial charge in [0.2, 0.25) is 0 Å². The van der Waals surface area contributed by atoms with E-state index in [0.717, 1.165) is 19.0 Å². The van der Waals surface area contributed by atoms with Crippen molar-refractivity contribution in [1.82, 2.24) is 20.4 Å². The molecule has 0 spiro atoms. The lowest BCUT2D eigenvalue weighted by Crippen LogP contribution is -2.43. The molecule has 0 aliphatic heterocycles. The predicted molar refractivity (Wildman–Crippen MR) is 116 cm³/mol. The van der Waals surface area contributed by atoms with Crippen molar-refractivity contribution in [3.63, 3.8) is 0 Å². The van der Waals surface area contributed by atoms with E-state index in [1.165, 1.54) is 12.1 Å². The lowest BCUT2D eigenvalue weighted by Gasteiger charge is -2.27. The molecule has 0 saturated carbocycles. The van der Waals surface area contributed by atoms with E-state index < -0.39 is 17.2 Å². The number of hydrogen-bond acceptors (Lipinski definition) is 2. The van der Waals surface area contributed by atoms with Gasteiger partial charge < -0.3 is 10.6 Å². The van der Waals surface area contributed by atoms with Gasteiger partial charge in [0.05, 0.1) is 5.56 Å². The zero-order valence-corrected chi connectivity index (χ0v) is 18.6. The molecular weight excluding hydrogens is 482 g/mol. The molecule has 1 aromatic carbocycles. The minimum atomic E-state index is -4.34. The van der Waals surface area contributed by atoms with Gasteiger partial charge in [-0.1, -0.05) is 32.0 Å². The SMILES string of the molecule is CN=C(NCCCn1cccn1)NCC(C)(C)c1cccc(C(F)(F)F)c1.I. The van der Waals surface area contributed by atoms with Gasteiger partial charge in [-0.3, -0.25) is 9.67 Å². The zero-order chi connectivity index (χ0) is 19.9. The Morgan fingerprint density at radius 1 is 1.14 bits per heavy atom. The highest BCUT2D eigenvalue weighted by atomic mass is 127. The molecule has 5 nitrogen and oxygen atoms in total. The third kappa shape index (κ3) is 7.33. The van der Waals surface area contributed by atoms with Gasteiger partial charge in [0.25, 0.3) is 0 Å². The van der Waals surface area contributed by atoms with Crippen LogP contribution in [0.5, 0.6) is 0 Å². The van der Waals surface area contributed by atoms with Gasteiger partial charge in [-0.25, -0.2) is 0 Å². The van der Waals surface area contributed by atoms with Crippen molar-refractivity contribution in [1.29, 1.82) is 0 Å². The van der Waals surface area contributed by atoms with Crippen LogP contribution in [0.4, 0.5) is 13.2 Å². The van der Waals surface area contributed by atoms with Gasteiger partial charge >= 0.3 is 6.18 Å². The molecule has 0 fully saturated rings. The Morgan fingerprint density at radius 2 is 1.86 bits per heavy atom. The Balaban J connectivity index is 0.00000392. The summed E-state index contributed by atoms with van der Waals surface area (Å²) in [7, 11) is 1.67. The second-order valence-corrected chi connectivity index (χ2v) is 6.94. The Hall–Kier alpha value is -1.78. The standard InChI is InChI=1S/C19H26F3N5.HI/c1-18(2,15-7-4-8-16(13-15)19(20,21)22)14-25-17(23-3)24-9-5-11-27-12-6-10-26-27;/h4,6-8,10,12-13H,5,9,11,14H2,1-3H3,(H2,23,24,25);1H. The molecule has 0 saturated heterocycles. The molecular formula is C19H27F3IN5. The van der Waals surface area contributed by atoms with Crippen LogP contribution in [0, 0.1) is 0 Å². The van der Waals surface area contributed by atoms with Gasteiger partial charge in [-0.2, -0.15) is 18.3 Å². The second kappa shape index (κ2) is 10.7. The molecule has 1 aromatic heterocycles. The fourth-order valence-corrected chi connectivity index (χ4v) is 2.62. The van der Waals surface area contributed by atoms with Gasteiger partial charge in [0, 0.05) is 44.5 Å². The lowest BCUT2D eigenvalue weighted by atomic mass is 9.84. The van der Waals surface area contributed by atoms with Crippen molar-refractivity contribution in [2.75, 3.05) is 20.1 Å². The first-order valence-electron chi connectivity index (χ1n) is 8.82. The van der Waals surface area contributed by atoms with Crippen molar-refractivity contribution >= 4 is 29.9 Å². The molecule has 1 heterocycles. The van der Waals surface area contributed by atoms with Crippen LogP contribution in [-0.4, -0.2) is 35.9 Å². The summed E-state index contributed by atoms with van der Waals surface area (Å²) < 4.78 is 40.7. The summed E-state index contributed by atoms with van der Waals surface area (Å²) in [5.41, 5.74) is -0.498. The van der Waals surface area contributed by atoms with Crippen molar-refractivity contribution in [3.8, 4) is 0 Å². The Morgan fingerprint density at radius 3 is 2.46 bits per heavy atom. The summed E-state index contributed by atoms with van der Waals surface area (Å²) in [4.78, 5) is 4.17. The Labute approximate surface area is 180 Å². The number of alkyl halides is 3. The van der Waals surface area contributed by atoms with Crippen molar-refractivity contribution in [3.05, 3.63) is 53.9 Å². The highest BCUT2D eigenvalue weighted by molar-refractivity contribution is 14.0. The molecule has 0 amide bonds. The summed E-state index contributed by atoms with van der Waals surface area (Å²) in [6, 6.07) is 7.35. The van der Waals surface area contributed by atoms with Crippen LogP contribution in [0.25, 0.3) is 0 Å². The van der Waals surface area contributed by atoms with Crippen molar-refractivity contribution in [2.24, 2.45) is 4.99 Å². The maximum atomic E-state index is 12.9. The van der Waals surface area contributed by atoms with Gasteiger partial charge in [0.1, 0.15) is 0 Å². The number of aliphatic imine (C=N–C) groups is 1. The largest absolute Gasteiger partial charge is 0.416 e. The van der Waals surface area contributed by atoms with Gasteiger partial charge in [-0.05, 0) is 24.1 Å². The number of aryl methyl sites for hydroxylation is 1. The highest BCUT2D eigenvalue weighted by Gasteiger charge is 2.32. The van der Waals surface area contributed by atoms with Crippen LogP contribution in [-0.2, 0) is 18.1 Å². The minimum absolute atomic E-state index is 0. The average molecular weight is 509 g/mol. The van der Waals surface area contributed by atoms with Crippen molar-refractivity contribution in [2.45, 2.75) is 38.4 Å². The van der Waals surface area contributed by atoms with E-state index in [9.17, 15) is 13.2 Å². The van der Waals surface area contributed by atoms with Crippen LogP contribution >= 0.6 is 24.0 Å². The van der Waals surface area contributed by atoms with Crippen LogP contribution in [0.3, 0.4) is 0 Å². The molecule has 28 heavy (non-hydrogen) atoms. The van der Waals surface area contributed by atoms with E-state index in [1.54, 1.807) is 19.3 Å².